The maximum Gasteiger partial charge on any atom is 0.319 e. The smallest absolute Gasteiger partial charge is 0.319 e. The summed E-state index contributed by atoms with van der Waals surface area (Å²) in [5.74, 6) is -0.486. The van der Waals surface area contributed by atoms with E-state index in [0.717, 1.165) is 13.0 Å². The van der Waals surface area contributed by atoms with Crippen molar-refractivity contribution in [3.05, 3.63) is 0 Å². The van der Waals surface area contributed by atoms with Gasteiger partial charge in [-0.15, -0.1) is 0 Å². The largest absolute Gasteiger partial charge is 0.481 e. The number of nitrogens with zero attached hydrogens (tertiary/aromatic N) is 2. The topological polar surface area (TPSA) is 70.1 Å². The lowest BCUT2D eigenvalue weighted by molar-refractivity contribution is -0.137. The van der Waals surface area contributed by atoms with Gasteiger partial charge in [0.25, 0.3) is 0 Å². The summed E-state index contributed by atoms with van der Waals surface area (Å²) in [5, 5.41) is 8.55. The normalized spacial score (nSPS) is 19.4. The molecule has 0 aromatic rings. The zero-order chi connectivity index (χ0) is 12.8. The van der Waals surface area contributed by atoms with Crippen molar-refractivity contribution < 1.29 is 19.4 Å². The number of amides is 2. The Morgan fingerprint density at radius 2 is 2.24 bits per heavy atom. The van der Waals surface area contributed by atoms with Gasteiger partial charge in [0.05, 0.1) is 13.0 Å². The van der Waals surface area contributed by atoms with E-state index in [9.17, 15) is 9.59 Å². The van der Waals surface area contributed by atoms with Crippen LogP contribution < -0.4 is 0 Å². The SMILES string of the molecule is COCC1CCN(C(=O)N(C)CCC(=O)O)C1. The zero-order valence-corrected chi connectivity index (χ0v) is 10.4. The molecule has 6 nitrogen and oxygen atoms in total. The van der Waals surface area contributed by atoms with Gasteiger partial charge in [-0.3, -0.25) is 4.79 Å². The van der Waals surface area contributed by atoms with Crippen LogP contribution in [0.25, 0.3) is 0 Å². The van der Waals surface area contributed by atoms with Crippen molar-refractivity contribution in [2.24, 2.45) is 5.92 Å². The fourth-order valence-corrected chi connectivity index (χ4v) is 1.98. The van der Waals surface area contributed by atoms with Crippen LogP contribution in [-0.4, -0.2) is 67.3 Å². The summed E-state index contributed by atoms with van der Waals surface area (Å²) in [6, 6.07) is -0.0927. The highest BCUT2D eigenvalue weighted by Gasteiger charge is 2.27. The monoisotopic (exact) mass is 244 g/mol. The maximum atomic E-state index is 11.9. The molecule has 1 N–H and O–H groups in total. The van der Waals surface area contributed by atoms with Crippen LogP contribution in [0, 0.1) is 5.92 Å². The number of carbonyl (C=O) groups is 2. The van der Waals surface area contributed by atoms with Gasteiger partial charge in [-0.1, -0.05) is 0 Å². The number of carboxylic acid groups (broad SMARTS) is 1. The molecule has 0 saturated carbocycles. The average Bonchev–Trinajstić information content (AvgIpc) is 2.74. The third-order valence-corrected chi connectivity index (χ3v) is 2.95. The van der Waals surface area contributed by atoms with Gasteiger partial charge in [0, 0.05) is 39.7 Å². The van der Waals surface area contributed by atoms with E-state index < -0.39 is 5.97 Å². The Hall–Kier alpha value is -1.30. The molecule has 0 aromatic carbocycles. The van der Waals surface area contributed by atoms with E-state index in [-0.39, 0.29) is 19.0 Å². The molecule has 1 rings (SSSR count). The Balaban J connectivity index is 2.35. The second kappa shape index (κ2) is 6.44. The fraction of sp³-hybridized carbons (Fsp3) is 0.818. The summed E-state index contributed by atoms with van der Waals surface area (Å²) in [5.41, 5.74) is 0. The van der Waals surface area contributed by atoms with Gasteiger partial charge >= 0.3 is 12.0 Å². The third kappa shape index (κ3) is 4.22. The molecule has 0 bridgehead atoms. The van der Waals surface area contributed by atoms with Crippen LogP contribution in [0.1, 0.15) is 12.8 Å². The van der Waals surface area contributed by atoms with Crippen LogP contribution in [0.5, 0.6) is 0 Å². The van der Waals surface area contributed by atoms with Gasteiger partial charge in [-0.05, 0) is 6.42 Å². The van der Waals surface area contributed by atoms with E-state index in [1.54, 1.807) is 19.1 Å². The van der Waals surface area contributed by atoms with Crippen molar-refractivity contribution in [1.82, 2.24) is 9.80 Å². The van der Waals surface area contributed by atoms with Crippen LogP contribution >= 0.6 is 0 Å². The van der Waals surface area contributed by atoms with E-state index in [2.05, 4.69) is 0 Å². The minimum Gasteiger partial charge on any atom is -0.481 e. The van der Waals surface area contributed by atoms with Crippen molar-refractivity contribution in [3.63, 3.8) is 0 Å². The van der Waals surface area contributed by atoms with Crippen molar-refractivity contribution in [2.45, 2.75) is 12.8 Å². The van der Waals surface area contributed by atoms with E-state index in [0.29, 0.717) is 19.1 Å². The minimum absolute atomic E-state index is 0.0163. The minimum atomic E-state index is -0.886. The molecule has 0 aliphatic carbocycles. The zero-order valence-electron chi connectivity index (χ0n) is 10.4. The molecular formula is C11H20N2O4. The Morgan fingerprint density at radius 3 is 2.82 bits per heavy atom. The first kappa shape index (κ1) is 13.8. The predicted molar refractivity (Wildman–Crippen MR) is 61.8 cm³/mol. The predicted octanol–water partition coefficient (Wildman–Crippen LogP) is 0.481. The Bertz CT molecular complexity index is 283. The lowest BCUT2D eigenvalue weighted by atomic mass is 10.1. The molecule has 1 aliphatic rings. The first-order valence-corrected chi connectivity index (χ1v) is 5.75. The number of ether oxygens (including phenoxy) is 1. The first-order valence-electron chi connectivity index (χ1n) is 5.75. The highest BCUT2D eigenvalue weighted by Crippen LogP contribution is 2.17. The number of carbonyl (C=O) groups excluding carboxylic acids is 1. The summed E-state index contributed by atoms with van der Waals surface area (Å²) in [7, 11) is 3.29. The molecule has 1 saturated heterocycles. The van der Waals surface area contributed by atoms with Gasteiger partial charge in [0.2, 0.25) is 0 Å². The highest BCUT2D eigenvalue weighted by atomic mass is 16.5. The molecule has 17 heavy (non-hydrogen) atoms. The second-order valence-corrected chi connectivity index (χ2v) is 4.40. The number of carboxylic acids is 1. The van der Waals surface area contributed by atoms with Crippen LogP contribution in [0.2, 0.25) is 0 Å². The van der Waals surface area contributed by atoms with Gasteiger partial charge in [0.1, 0.15) is 0 Å². The van der Waals surface area contributed by atoms with E-state index >= 15 is 0 Å². The highest BCUT2D eigenvalue weighted by molar-refractivity contribution is 5.75. The van der Waals surface area contributed by atoms with Gasteiger partial charge in [-0.25, -0.2) is 4.79 Å². The van der Waals surface area contributed by atoms with Crippen molar-refractivity contribution in [2.75, 3.05) is 40.4 Å². The molecule has 0 radical (unpaired) electrons. The number of hydrogen-bond acceptors (Lipinski definition) is 3. The van der Waals surface area contributed by atoms with Crippen LogP contribution in [0.3, 0.4) is 0 Å². The van der Waals surface area contributed by atoms with Crippen molar-refractivity contribution >= 4 is 12.0 Å². The summed E-state index contributed by atoms with van der Waals surface area (Å²) in [6.07, 6.45) is 0.934. The Labute approximate surface area is 101 Å². The van der Waals surface area contributed by atoms with E-state index in [1.165, 1.54) is 4.90 Å². The Kier molecular flexibility index (Phi) is 5.21. The van der Waals surface area contributed by atoms with Crippen molar-refractivity contribution in [3.8, 4) is 0 Å². The fourth-order valence-electron chi connectivity index (χ4n) is 1.98. The number of rotatable bonds is 5. The summed E-state index contributed by atoms with van der Waals surface area (Å²) in [6.45, 7) is 2.34. The van der Waals surface area contributed by atoms with Crippen molar-refractivity contribution in [1.29, 1.82) is 0 Å². The molecule has 0 spiro atoms. The molecule has 2 amide bonds. The third-order valence-electron chi connectivity index (χ3n) is 2.95. The molecule has 1 unspecified atom stereocenters. The molecule has 1 atom stereocenters. The quantitative estimate of drug-likeness (QED) is 0.763. The molecule has 1 aliphatic heterocycles. The van der Waals surface area contributed by atoms with Crippen LogP contribution in [0.15, 0.2) is 0 Å². The molecule has 1 heterocycles. The maximum absolute atomic E-state index is 11.9. The molecular weight excluding hydrogens is 224 g/mol. The lowest BCUT2D eigenvalue weighted by Crippen LogP contribution is -2.40. The molecule has 1 fully saturated rings. The van der Waals surface area contributed by atoms with E-state index in [1.807, 2.05) is 0 Å². The summed E-state index contributed by atoms with van der Waals surface area (Å²) in [4.78, 5) is 25.6. The number of methoxy groups -OCH3 is 1. The van der Waals surface area contributed by atoms with Crippen LogP contribution in [0.4, 0.5) is 4.79 Å². The summed E-state index contributed by atoms with van der Waals surface area (Å²) < 4.78 is 5.06. The number of likely N-dealkylation sites (tertiary alicyclic amines) is 1. The standard InChI is InChI=1S/C11H20N2O4/c1-12(5-4-10(14)15)11(16)13-6-3-9(7-13)8-17-2/h9H,3-8H2,1-2H3,(H,14,15). The number of aliphatic carboxylic acids is 1. The lowest BCUT2D eigenvalue weighted by Gasteiger charge is -2.24. The molecule has 98 valence electrons. The average molecular weight is 244 g/mol. The van der Waals surface area contributed by atoms with Gasteiger partial charge in [-0.2, -0.15) is 0 Å². The molecule has 0 aromatic heterocycles. The first-order chi connectivity index (χ1) is 8.04. The summed E-state index contributed by atoms with van der Waals surface area (Å²) >= 11 is 0. The molecule has 6 heteroatoms. The van der Waals surface area contributed by atoms with Crippen LogP contribution in [-0.2, 0) is 9.53 Å². The van der Waals surface area contributed by atoms with Gasteiger partial charge < -0.3 is 19.6 Å². The Morgan fingerprint density at radius 1 is 1.53 bits per heavy atom. The van der Waals surface area contributed by atoms with Gasteiger partial charge in [0.15, 0.2) is 0 Å². The van der Waals surface area contributed by atoms with E-state index in [4.69, 9.17) is 9.84 Å². The number of urea groups is 1. The number of hydrogen-bond donors (Lipinski definition) is 1. The second-order valence-electron chi connectivity index (χ2n) is 4.40.